The normalized spacial score (nSPS) is 22.9. The molecule has 6 nitrogen and oxygen atoms in total. The van der Waals surface area contributed by atoms with E-state index in [0.29, 0.717) is 18.8 Å². The Kier molecular flexibility index (Phi) is 5.01. The van der Waals surface area contributed by atoms with E-state index in [1.165, 1.54) is 19.2 Å². The Hall–Kier alpha value is -2.44. The molecule has 0 radical (unpaired) electrons. The van der Waals surface area contributed by atoms with E-state index < -0.39 is 0 Å². The molecule has 0 spiro atoms. The fourth-order valence-electron chi connectivity index (χ4n) is 3.39. The third kappa shape index (κ3) is 3.50. The summed E-state index contributed by atoms with van der Waals surface area (Å²) in [6, 6.07) is 9.77. The number of aliphatic hydroxyl groups is 1. The van der Waals surface area contributed by atoms with E-state index >= 15 is 0 Å². The van der Waals surface area contributed by atoms with Gasteiger partial charge in [-0.05, 0) is 47.7 Å². The summed E-state index contributed by atoms with van der Waals surface area (Å²) >= 11 is 0. The predicted molar refractivity (Wildman–Crippen MR) is 90.9 cm³/mol. The Morgan fingerprint density at radius 2 is 1.80 bits per heavy atom. The van der Waals surface area contributed by atoms with Crippen molar-refractivity contribution in [3.05, 3.63) is 47.5 Å². The molecule has 1 aliphatic rings. The van der Waals surface area contributed by atoms with E-state index in [-0.39, 0.29) is 41.8 Å². The molecule has 3 rings (SSSR count). The van der Waals surface area contributed by atoms with Crippen LogP contribution in [0.25, 0.3) is 0 Å². The number of rotatable bonds is 5. The lowest BCUT2D eigenvalue weighted by molar-refractivity contribution is 0.0717. The van der Waals surface area contributed by atoms with E-state index in [1.807, 2.05) is 6.07 Å². The molecular formula is C19H22O6. The van der Waals surface area contributed by atoms with Crippen molar-refractivity contribution in [2.45, 2.75) is 12.5 Å². The van der Waals surface area contributed by atoms with Crippen LogP contribution in [0.4, 0.5) is 0 Å². The van der Waals surface area contributed by atoms with Gasteiger partial charge in [-0.2, -0.15) is 0 Å². The van der Waals surface area contributed by atoms with Gasteiger partial charge in [0.25, 0.3) is 0 Å². The van der Waals surface area contributed by atoms with E-state index in [0.717, 1.165) is 11.1 Å². The Bertz CT molecular complexity index is 745. The maximum Gasteiger partial charge on any atom is 0.160 e. The quantitative estimate of drug-likeness (QED) is 0.620. The van der Waals surface area contributed by atoms with E-state index in [4.69, 9.17) is 9.47 Å². The minimum atomic E-state index is -0.347. The van der Waals surface area contributed by atoms with E-state index in [1.54, 1.807) is 18.2 Å². The van der Waals surface area contributed by atoms with Crippen LogP contribution in [-0.4, -0.2) is 40.7 Å². The van der Waals surface area contributed by atoms with Crippen molar-refractivity contribution < 1.29 is 29.9 Å². The number of phenols is 3. The van der Waals surface area contributed by atoms with E-state index in [9.17, 15) is 20.4 Å². The molecule has 0 aliphatic carbocycles. The number of aliphatic hydroxyl groups excluding tert-OH is 1. The first kappa shape index (κ1) is 17.4. The van der Waals surface area contributed by atoms with Gasteiger partial charge in [0, 0.05) is 12.5 Å². The summed E-state index contributed by atoms with van der Waals surface area (Å²) in [6.07, 6.45) is 0.322. The van der Waals surface area contributed by atoms with Crippen LogP contribution in [0.5, 0.6) is 23.0 Å². The monoisotopic (exact) mass is 346 g/mol. The van der Waals surface area contributed by atoms with Crippen LogP contribution in [0, 0.1) is 11.8 Å². The summed E-state index contributed by atoms with van der Waals surface area (Å²) in [5.74, 6) is 0.0607. The molecule has 3 atom stereocenters. The number of hydrogen-bond donors (Lipinski definition) is 4. The molecule has 134 valence electrons. The van der Waals surface area contributed by atoms with E-state index in [2.05, 4.69) is 0 Å². The highest BCUT2D eigenvalue weighted by Gasteiger charge is 2.38. The third-order valence-electron chi connectivity index (χ3n) is 4.77. The zero-order chi connectivity index (χ0) is 18.0. The number of methoxy groups -OCH3 is 1. The van der Waals surface area contributed by atoms with Crippen LogP contribution < -0.4 is 4.74 Å². The van der Waals surface area contributed by atoms with Gasteiger partial charge in [-0.15, -0.1) is 0 Å². The molecular weight excluding hydrogens is 324 g/mol. The van der Waals surface area contributed by atoms with Crippen molar-refractivity contribution >= 4 is 0 Å². The van der Waals surface area contributed by atoms with Crippen LogP contribution >= 0.6 is 0 Å². The summed E-state index contributed by atoms with van der Waals surface area (Å²) in [6.45, 7) is 0.424. The molecule has 0 amide bonds. The fraction of sp³-hybridized carbons (Fsp3) is 0.368. The molecule has 2 aromatic carbocycles. The summed E-state index contributed by atoms with van der Waals surface area (Å²) in [5, 5.41) is 38.7. The predicted octanol–water partition coefficient (Wildman–Crippen LogP) is 2.35. The highest BCUT2D eigenvalue weighted by atomic mass is 16.5. The Morgan fingerprint density at radius 1 is 1.04 bits per heavy atom. The highest BCUT2D eigenvalue weighted by Crippen LogP contribution is 2.42. The molecule has 6 heteroatoms. The van der Waals surface area contributed by atoms with Gasteiger partial charge >= 0.3 is 0 Å². The molecule has 0 aromatic heterocycles. The average molecular weight is 346 g/mol. The molecule has 4 N–H and O–H groups in total. The van der Waals surface area contributed by atoms with Crippen molar-refractivity contribution in [1.29, 1.82) is 0 Å². The number of hydrogen-bond acceptors (Lipinski definition) is 6. The molecule has 0 unspecified atom stereocenters. The molecule has 1 saturated heterocycles. The van der Waals surface area contributed by atoms with Crippen molar-refractivity contribution in [2.75, 3.05) is 20.3 Å². The molecule has 1 heterocycles. The minimum Gasteiger partial charge on any atom is -0.504 e. The van der Waals surface area contributed by atoms with Gasteiger partial charge in [-0.1, -0.05) is 12.1 Å². The third-order valence-corrected chi connectivity index (χ3v) is 4.77. The Balaban J connectivity index is 1.78. The van der Waals surface area contributed by atoms with Gasteiger partial charge in [-0.3, -0.25) is 0 Å². The Labute approximate surface area is 145 Å². The zero-order valence-corrected chi connectivity index (χ0v) is 13.9. The smallest absolute Gasteiger partial charge is 0.160 e. The van der Waals surface area contributed by atoms with Crippen LogP contribution in [0.2, 0.25) is 0 Å². The summed E-state index contributed by atoms with van der Waals surface area (Å²) in [7, 11) is 1.50. The minimum absolute atomic E-state index is 0.0494. The van der Waals surface area contributed by atoms with Crippen LogP contribution in [0.3, 0.4) is 0 Å². The Morgan fingerprint density at radius 3 is 2.48 bits per heavy atom. The summed E-state index contributed by atoms with van der Waals surface area (Å²) < 4.78 is 11.0. The largest absolute Gasteiger partial charge is 0.504 e. The second kappa shape index (κ2) is 7.21. The van der Waals surface area contributed by atoms with Gasteiger partial charge in [0.15, 0.2) is 23.0 Å². The first-order valence-electron chi connectivity index (χ1n) is 8.13. The van der Waals surface area contributed by atoms with Crippen molar-refractivity contribution in [2.24, 2.45) is 11.8 Å². The second-order valence-corrected chi connectivity index (χ2v) is 6.32. The lowest BCUT2D eigenvalue weighted by Gasteiger charge is -2.21. The maximum absolute atomic E-state index is 9.86. The van der Waals surface area contributed by atoms with Gasteiger partial charge in [-0.25, -0.2) is 0 Å². The van der Waals surface area contributed by atoms with Gasteiger partial charge in [0.2, 0.25) is 0 Å². The number of ether oxygens (including phenoxy) is 2. The fourth-order valence-corrected chi connectivity index (χ4v) is 3.39. The van der Waals surface area contributed by atoms with Gasteiger partial charge in [0.05, 0.1) is 19.8 Å². The van der Waals surface area contributed by atoms with Gasteiger partial charge < -0.3 is 29.9 Å². The zero-order valence-electron chi connectivity index (χ0n) is 13.9. The van der Waals surface area contributed by atoms with Crippen LogP contribution in [0.15, 0.2) is 36.4 Å². The van der Waals surface area contributed by atoms with Crippen LogP contribution in [0.1, 0.15) is 17.2 Å². The second-order valence-electron chi connectivity index (χ2n) is 6.32. The molecule has 2 aromatic rings. The molecule has 0 bridgehead atoms. The first-order valence-corrected chi connectivity index (χ1v) is 8.13. The molecule has 25 heavy (non-hydrogen) atoms. The first-order chi connectivity index (χ1) is 12.0. The number of aromatic hydroxyl groups is 3. The van der Waals surface area contributed by atoms with Crippen molar-refractivity contribution in [1.82, 2.24) is 0 Å². The molecule has 1 aliphatic heterocycles. The van der Waals surface area contributed by atoms with Crippen molar-refractivity contribution in [3.63, 3.8) is 0 Å². The molecule has 1 fully saturated rings. The number of phenolic OH excluding ortho intramolecular Hbond substituents is 3. The van der Waals surface area contributed by atoms with Crippen molar-refractivity contribution in [3.8, 4) is 23.0 Å². The summed E-state index contributed by atoms with van der Waals surface area (Å²) in [5.41, 5.74) is 1.70. The highest BCUT2D eigenvalue weighted by molar-refractivity contribution is 5.43. The summed E-state index contributed by atoms with van der Waals surface area (Å²) in [4.78, 5) is 0. The maximum atomic E-state index is 9.86. The number of benzene rings is 2. The average Bonchev–Trinajstić information content (AvgIpc) is 3.01. The topological polar surface area (TPSA) is 99.4 Å². The lowest BCUT2D eigenvalue weighted by atomic mass is 9.84. The molecule has 0 saturated carbocycles. The SMILES string of the molecule is COc1cc(C[C@@H]2CO[C@H](c3ccc(O)c(O)c3)[C@H]2CO)ccc1O. The lowest BCUT2D eigenvalue weighted by Crippen LogP contribution is -2.21. The van der Waals surface area contributed by atoms with Gasteiger partial charge in [0.1, 0.15) is 0 Å². The van der Waals surface area contributed by atoms with Crippen LogP contribution in [-0.2, 0) is 11.2 Å². The standard InChI is InChI=1S/C19H22O6/c1-24-18-7-11(2-4-16(18)22)6-13-10-25-19(14(13)9-20)12-3-5-15(21)17(23)8-12/h2-5,7-8,13-14,19-23H,6,9-10H2,1H3/t13-,14+,19-/m1/s1.